The number of benzene rings is 3. The molecule has 3 aromatic rings. The highest BCUT2D eigenvalue weighted by Gasteiger charge is 2.63. The van der Waals surface area contributed by atoms with E-state index in [1.165, 1.54) is 30.3 Å². The van der Waals surface area contributed by atoms with Crippen molar-refractivity contribution < 1.29 is 37.4 Å². The van der Waals surface area contributed by atoms with E-state index in [9.17, 15) is 32.7 Å². The van der Waals surface area contributed by atoms with Crippen LogP contribution in [0.25, 0.3) is 5.70 Å². The Labute approximate surface area is 253 Å². The summed E-state index contributed by atoms with van der Waals surface area (Å²) in [6.45, 7) is 4.20. The van der Waals surface area contributed by atoms with Crippen molar-refractivity contribution in [3.05, 3.63) is 108 Å². The second-order valence-corrected chi connectivity index (χ2v) is 10.9. The number of hydrogen-bond donors (Lipinski definition) is 2. The molecule has 0 aliphatic carbocycles. The molecule has 232 valence electrons. The summed E-state index contributed by atoms with van der Waals surface area (Å²) in [4.78, 5) is 42.7. The molecule has 2 N–H and O–H groups in total. The maximum atomic E-state index is 14.9. The predicted molar refractivity (Wildman–Crippen MR) is 158 cm³/mol. The molecule has 0 saturated heterocycles. The number of amides is 3. The highest BCUT2D eigenvalue weighted by molar-refractivity contribution is 6.03. The maximum Gasteiger partial charge on any atom is 0.438 e. The van der Waals surface area contributed by atoms with Crippen molar-refractivity contribution in [2.24, 2.45) is 5.92 Å². The SMILES string of the molecule is COc1ccc(C(=O)N2C=C(c3ccccc3)N(C(Cc3ccccc3)C(O)(NC(C)=O)C(F)(F)F)C(=O)C2C(C)C)cc1. The Morgan fingerprint density at radius 2 is 1.52 bits per heavy atom. The van der Waals surface area contributed by atoms with Crippen LogP contribution in [0.4, 0.5) is 13.2 Å². The minimum atomic E-state index is -5.40. The summed E-state index contributed by atoms with van der Waals surface area (Å²) in [5.41, 5.74) is -2.98. The number of nitrogens with zero attached hydrogens (tertiary/aromatic N) is 2. The molecule has 3 amide bonds. The highest BCUT2D eigenvalue weighted by atomic mass is 19.4. The van der Waals surface area contributed by atoms with Crippen LogP contribution in [0.15, 0.2) is 91.1 Å². The maximum absolute atomic E-state index is 14.9. The molecule has 1 heterocycles. The van der Waals surface area contributed by atoms with Crippen LogP contribution in [0.5, 0.6) is 5.75 Å². The quantitative estimate of drug-likeness (QED) is 0.333. The average molecular weight is 610 g/mol. The van der Waals surface area contributed by atoms with Gasteiger partial charge in [0, 0.05) is 18.7 Å². The third-order valence-electron chi connectivity index (χ3n) is 7.45. The summed E-state index contributed by atoms with van der Waals surface area (Å²) in [5, 5.41) is 13.1. The van der Waals surface area contributed by atoms with E-state index >= 15 is 0 Å². The van der Waals surface area contributed by atoms with E-state index in [4.69, 9.17) is 4.74 Å². The molecule has 0 bridgehead atoms. The summed E-state index contributed by atoms with van der Waals surface area (Å²) < 4.78 is 49.8. The first-order chi connectivity index (χ1) is 20.8. The van der Waals surface area contributed by atoms with E-state index in [0.717, 1.165) is 11.8 Å². The van der Waals surface area contributed by atoms with Crippen molar-refractivity contribution in [3.63, 3.8) is 0 Å². The van der Waals surface area contributed by atoms with Crippen molar-refractivity contribution >= 4 is 23.4 Å². The third kappa shape index (κ3) is 6.47. The first-order valence-corrected chi connectivity index (χ1v) is 14.0. The van der Waals surface area contributed by atoms with Gasteiger partial charge in [-0.25, -0.2) is 0 Å². The standard InChI is InChI=1S/C33H34F3N3O5/c1-21(2)29-31(42)39(28(19-23-11-7-5-8-12-23)32(43,33(34,35)36)37-22(3)40)27(24-13-9-6-10-14-24)20-38(29)30(41)25-15-17-26(44-4)18-16-25/h5-18,20-21,28-29,43H,19H2,1-4H3,(H,37,40). The van der Waals surface area contributed by atoms with Crippen molar-refractivity contribution in [1.29, 1.82) is 0 Å². The Morgan fingerprint density at radius 3 is 2.02 bits per heavy atom. The zero-order valence-corrected chi connectivity index (χ0v) is 24.7. The second kappa shape index (κ2) is 12.9. The van der Waals surface area contributed by atoms with Crippen LogP contribution in [-0.2, 0) is 16.0 Å². The largest absolute Gasteiger partial charge is 0.497 e. The fourth-order valence-corrected chi connectivity index (χ4v) is 5.35. The molecule has 0 aromatic heterocycles. The molecule has 1 aliphatic heterocycles. The molecule has 0 fully saturated rings. The number of alkyl halides is 3. The minimum absolute atomic E-state index is 0.0525. The van der Waals surface area contributed by atoms with Gasteiger partial charge in [0.05, 0.1) is 18.8 Å². The first kappa shape index (κ1) is 32.3. The van der Waals surface area contributed by atoms with Gasteiger partial charge in [-0.05, 0) is 47.7 Å². The zero-order chi connectivity index (χ0) is 32.2. The number of rotatable bonds is 9. The average Bonchev–Trinajstić information content (AvgIpc) is 2.99. The molecule has 0 radical (unpaired) electrons. The molecular weight excluding hydrogens is 575 g/mol. The van der Waals surface area contributed by atoms with E-state index in [0.29, 0.717) is 16.9 Å². The van der Waals surface area contributed by atoms with Gasteiger partial charge >= 0.3 is 6.18 Å². The van der Waals surface area contributed by atoms with E-state index in [2.05, 4.69) is 0 Å². The molecule has 3 unspecified atom stereocenters. The molecule has 3 atom stereocenters. The van der Waals surface area contributed by atoms with Crippen LogP contribution in [0.3, 0.4) is 0 Å². The fourth-order valence-electron chi connectivity index (χ4n) is 5.35. The fraction of sp³-hybridized carbons (Fsp3) is 0.303. The first-order valence-electron chi connectivity index (χ1n) is 14.0. The Kier molecular flexibility index (Phi) is 9.48. The molecule has 44 heavy (non-hydrogen) atoms. The molecular formula is C33H34F3N3O5. The van der Waals surface area contributed by atoms with Gasteiger partial charge in [0.25, 0.3) is 17.5 Å². The number of carbonyl (C=O) groups excluding carboxylic acids is 3. The van der Waals surface area contributed by atoms with Crippen LogP contribution >= 0.6 is 0 Å². The van der Waals surface area contributed by atoms with Gasteiger partial charge in [-0.3, -0.25) is 19.3 Å². The number of hydrogen-bond acceptors (Lipinski definition) is 5. The summed E-state index contributed by atoms with van der Waals surface area (Å²) >= 11 is 0. The van der Waals surface area contributed by atoms with Crippen molar-refractivity contribution in [3.8, 4) is 5.75 Å². The highest BCUT2D eigenvalue weighted by Crippen LogP contribution is 2.41. The summed E-state index contributed by atoms with van der Waals surface area (Å²) in [6.07, 6.45) is -4.54. The van der Waals surface area contributed by atoms with E-state index in [-0.39, 0.29) is 11.3 Å². The lowest BCUT2D eigenvalue weighted by Crippen LogP contribution is -2.72. The van der Waals surface area contributed by atoms with E-state index in [1.54, 1.807) is 92.0 Å². The zero-order valence-electron chi connectivity index (χ0n) is 24.7. The van der Waals surface area contributed by atoms with Gasteiger partial charge in [-0.2, -0.15) is 13.2 Å². The smallest absolute Gasteiger partial charge is 0.438 e. The summed E-state index contributed by atoms with van der Waals surface area (Å²) in [6, 6.07) is 19.1. The Hall–Kier alpha value is -4.64. The Bertz CT molecular complexity index is 1510. The number of carbonyl (C=O) groups is 3. The molecule has 8 nitrogen and oxygen atoms in total. The lowest BCUT2D eigenvalue weighted by atomic mass is 9.88. The number of methoxy groups -OCH3 is 1. The van der Waals surface area contributed by atoms with Gasteiger partial charge < -0.3 is 20.1 Å². The van der Waals surface area contributed by atoms with Gasteiger partial charge in [-0.1, -0.05) is 74.5 Å². The van der Waals surface area contributed by atoms with Crippen LogP contribution < -0.4 is 10.1 Å². The van der Waals surface area contributed by atoms with Crippen LogP contribution in [0.2, 0.25) is 0 Å². The third-order valence-corrected chi connectivity index (χ3v) is 7.45. The van der Waals surface area contributed by atoms with Crippen molar-refractivity contribution in [2.45, 2.75) is 51.2 Å². The predicted octanol–water partition coefficient (Wildman–Crippen LogP) is 5.00. The monoisotopic (exact) mass is 609 g/mol. The van der Waals surface area contributed by atoms with Crippen molar-refractivity contribution in [2.75, 3.05) is 7.11 Å². The van der Waals surface area contributed by atoms with Crippen LogP contribution in [-0.4, -0.2) is 63.7 Å². The molecule has 11 heteroatoms. The molecule has 3 aromatic carbocycles. The molecule has 0 spiro atoms. The lowest BCUT2D eigenvalue weighted by Gasteiger charge is -2.49. The number of aliphatic hydroxyl groups is 1. The Balaban J connectivity index is 1.99. The van der Waals surface area contributed by atoms with E-state index in [1.807, 2.05) is 0 Å². The van der Waals surface area contributed by atoms with Gasteiger partial charge in [0.1, 0.15) is 11.8 Å². The molecule has 0 saturated carbocycles. The minimum Gasteiger partial charge on any atom is -0.497 e. The van der Waals surface area contributed by atoms with E-state index < -0.39 is 54.0 Å². The summed E-state index contributed by atoms with van der Waals surface area (Å²) in [5.74, 6) is -2.60. The van der Waals surface area contributed by atoms with Gasteiger partial charge in [-0.15, -0.1) is 0 Å². The lowest BCUT2D eigenvalue weighted by molar-refractivity contribution is -0.287. The topological polar surface area (TPSA) is 99.2 Å². The number of nitrogens with one attached hydrogen (secondary N) is 1. The number of halogens is 3. The second-order valence-electron chi connectivity index (χ2n) is 10.9. The summed E-state index contributed by atoms with van der Waals surface area (Å²) in [7, 11) is 1.48. The van der Waals surface area contributed by atoms with Crippen LogP contribution in [0.1, 0.15) is 42.3 Å². The Morgan fingerprint density at radius 1 is 0.955 bits per heavy atom. The van der Waals surface area contributed by atoms with Gasteiger partial charge in [0.15, 0.2) is 0 Å². The molecule has 4 rings (SSSR count). The molecule has 1 aliphatic rings. The van der Waals surface area contributed by atoms with Gasteiger partial charge in [0.2, 0.25) is 5.91 Å². The van der Waals surface area contributed by atoms with Crippen LogP contribution in [0, 0.1) is 5.92 Å². The number of ether oxygens (including phenoxy) is 1. The van der Waals surface area contributed by atoms with Crippen molar-refractivity contribution in [1.82, 2.24) is 15.1 Å². The normalized spacial score (nSPS) is 17.5.